The first-order chi connectivity index (χ1) is 13.9. The second kappa shape index (κ2) is 8.74. The van der Waals surface area contributed by atoms with E-state index in [1.807, 2.05) is 35.9 Å². The third kappa shape index (κ3) is 4.72. The predicted octanol–water partition coefficient (Wildman–Crippen LogP) is 3.87. The Kier molecular flexibility index (Phi) is 6.13. The largest absolute Gasteiger partial charge is 0.497 e. The highest BCUT2D eigenvalue weighted by Crippen LogP contribution is 2.27. The van der Waals surface area contributed by atoms with Gasteiger partial charge in [-0.2, -0.15) is 4.39 Å². The molecule has 0 saturated carbocycles. The number of imidazole rings is 1. The van der Waals surface area contributed by atoms with Crippen molar-refractivity contribution in [3.05, 3.63) is 64.6 Å². The van der Waals surface area contributed by atoms with Gasteiger partial charge in [0.05, 0.1) is 29.7 Å². The predicted molar refractivity (Wildman–Crippen MR) is 108 cm³/mol. The number of rotatable bonds is 7. The Morgan fingerprint density at radius 2 is 2.03 bits per heavy atom. The Bertz CT molecular complexity index is 1050. The Hall–Kier alpha value is -3.40. The number of aromatic nitrogens is 2. The second-order valence-corrected chi connectivity index (χ2v) is 6.92. The van der Waals surface area contributed by atoms with Gasteiger partial charge in [0, 0.05) is 24.4 Å². The van der Waals surface area contributed by atoms with Crippen molar-refractivity contribution in [3.63, 3.8) is 0 Å². The average molecular weight is 416 g/mol. The highest BCUT2D eigenvalue weighted by molar-refractivity contribution is 7.99. The van der Waals surface area contributed by atoms with Gasteiger partial charge in [-0.15, -0.1) is 0 Å². The molecule has 0 radical (unpaired) electrons. The highest BCUT2D eigenvalue weighted by atomic mass is 32.2. The van der Waals surface area contributed by atoms with Gasteiger partial charge >= 0.3 is 5.69 Å². The van der Waals surface area contributed by atoms with E-state index < -0.39 is 16.4 Å². The van der Waals surface area contributed by atoms with E-state index in [0.29, 0.717) is 5.16 Å². The van der Waals surface area contributed by atoms with Crippen LogP contribution in [0.1, 0.15) is 0 Å². The van der Waals surface area contributed by atoms with Crippen LogP contribution in [0.2, 0.25) is 0 Å². The van der Waals surface area contributed by atoms with E-state index in [0.717, 1.165) is 29.1 Å². The molecule has 1 amide bonds. The normalized spacial score (nSPS) is 10.6. The Morgan fingerprint density at radius 1 is 1.31 bits per heavy atom. The number of nitrogens with zero attached hydrogens (tertiary/aromatic N) is 3. The molecule has 0 spiro atoms. The zero-order valence-corrected chi connectivity index (χ0v) is 16.4. The van der Waals surface area contributed by atoms with Crippen molar-refractivity contribution < 1.29 is 18.8 Å². The summed E-state index contributed by atoms with van der Waals surface area (Å²) in [6, 6.07) is 10.7. The fraction of sp³-hybridized carbons (Fsp3) is 0.158. The van der Waals surface area contributed by atoms with Crippen molar-refractivity contribution >= 4 is 29.0 Å². The fourth-order valence-corrected chi connectivity index (χ4v) is 3.37. The van der Waals surface area contributed by atoms with Gasteiger partial charge in [-0.05, 0) is 36.4 Å². The van der Waals surface area contributed by atoms with E-state index in [1.165, 1.54) is 17.8 Å². The molecule has 0 saturated heterocycles. The van der Waals surface area contributed by atoms with Gasteiger partial charge in [0.15, 0.2) is 5.16 Å². The lowest BCUT2D eigenvalue weighted by Crippen LogP contribution is -2.14. The highest BCUT2D eigenvalue weighted by Gasteiger charge is 2.16. The van der Waals surface area contributed by atoms with Crippen LogP contribution in [0, 0.1) is 15.9 Å². The van der Waals surface area contributed by atoms with Gasteiger partial charge in [-0.3, -0.25) is 14.9 Å². The molecular formula is C19H17FN4O4S. The summed E-state index contributed by atoms with van der Waals surface area (Å²) >= 11 is 1.22. The molecule has 8 nitrogen and oxygen atoms in total. The van der Waals surface area contributed by atoms with E-state index in [9.17, 15) is 19.3 Å². The van der Waals surface area contributed by atoms with Crippen LogP contribution < -0.4 is 10.1 Å². The second-order valence-electron chi connectivity index (χ2n) is 5.97. The van der Waals surface area contributed by atoms with Gasteiger partial charge in [0.25, 0.3) is 0 Å². The molecule has 1 aromatic heterocycles. The van der Waals surface area contributed by atoms with Gasteiger partial charge in [0.2, 0.25) is 11.7 Å². The van der Waals surface area contributed by atoms with E-state index in [4.69, 9.17) is 4.74 Å². The number of amides is 1. The minimum absolute atomic E-state index is 0.0398. The molecule has 0 fully saturated rings. The summed E-state index contributed by atoms with van der Waals surface area (Å²) in [5.74, 6) is -0.549. The molecule has 0 aliphatic heterocycles. The lowest BCUT2D eigenvalue weighted by atomic mass is 10.1. The fourth-order valence-electron chi connectivity index (χ4n) is 2.61. The molecule has 0 aliphatic rings. The van der Waals surface area contributed by atoms with Crippen molar-refractivity contribution in [2.75, 3.05) is 18.2 Å². The third-order valence-electron chi connectivity index (χ3n) is 4.09. The summed E-state index contributed by atoms with van der Waals surface area (Å²) in [6.07, 6.45) is 1.71. The molecule has 2 aromatic carbocycles. The quantitative estimate of drug-likeness (QED) is 0.357. The van der Waals surface area contributed by atoms with Gasteiger partial charge in [-0.1, -0.05) is 11.8 Å². The molecule has 0 bridgehead atoms. The number of nitro groups is 1. The first-order valence-electron chi connectivity index (χ1n) is 8.41. The number of benzene rings is 2. The van der Waals surface area contributed by atoms with Gasteiger partial charge < -0.3 is 14.6 Å². The van der Waals surface area contributed by atoms with Crippen molar-refractivity contribution in [2.45, 2.75) is 5.16 Å². The monoisotopic (exact) mass is 416 g/mol. The van der Waals surface area contributed by atoms with Gasteiger partial charge in [0.1, 0.15) is 5.75 Å². The van der Waals surface area contributed by atoms with Crippen LogP contribution in [-0.2, 0) is 11.8 Å². The summed E-state index contributed by atoms with van der Waals surface area (Å²) in [6.45, 7) is 0. The number of ether oxygens (including phenoxy) is 1. The number of carbonyl (C=O) groups is 1. The van der Waals surface area contributed by atoms with E-state index in [2.05, 4.69) is 10.3 Å². The molecule has 10 heteroatoms. The third-order valence-corrected chi connectivity index (χ3v) is 5.13. The molecule has 3 rings (SSSR count). The van der Waals surface area contributed by atoms with Crippen LogP contribution in [-0.4, -0.2) is 33.2 Å². The Balaban J connectivity index is 1.64. The topological polar surface area (TPSA) is 99.3 Å². The summed E-state index contributed by atoms with van der Waals surface area (Å²) in [5, 5.41) is 14.0. The van der Waals surface area contributed by atoms with Crippen LogP contribution in [0.5, 0.6) is 5.75 Å². The van der Waals surface area contributed by atoms with Gasteiger partial charge in [-0.25, -0.2) is 4.98 Å². The molecule has 150 valence electrons. The summed E-state index contributed by atoms with van der Waals surface area (Å²) in [5.41, 5.74) is 1.30. The molecule has 29 heavy (non-hydrogen) atoms. The van der Waals surface area contributed by atoms with Crippen molar-refractivity contribution in [1.29, 1.82) is 0 Å². The van der Waals surface area contributed by atoms with Crippen LogP contribution in [0.15, 0.2) is 53.8 Å². The Morgan fingerprint density at radius 3 is 2.69 bits per heavy atom. The number of thioether (sulfide) groups is 1. The average Bonchev–Trinajstić information content (AvgIpc) is 3.08. The molecule has 3 aromatic rings. The number of carbonyl (C=O) groups excluding carboxylic acids is 1. The minimum Gasteiger partial charge on any atom is -0.497 e. The number of halogens is 1. The van der Waals surface area contributed by atoms with E-state index >= 15 is 0 Å². The van der Waals surface area contributed by atoms with Crippen molar-refractivity contribution in [2.24, 2.45) is 7.05 Å². The number of anilines is 1. The lowest BCUT2D eigenvalue weighted by Gasteiger charge is -2.08. The van der Waals surface area contributed by atoms with Crippen molar-refractivity contribution in [1.82, 2.24) is 9.55 Å². The molecule has 0 aliphatic carbocycles. The summed E-state index contributed by atoms with van der Waals surface area (Å²) < 4.78 is 20.4. The lowest BCUT2D eigenvalue weighted by molar-refractivity contribution is -0.387. The zero-order valence-electron chi connectivity index (χ0n) is 15.6. The first kappa shape index (κ1) is 20.3. The number of nitro benzene ring substituents is 1. The summed E-state index contributed by atoms with van der Waals surface area (Å²) in [4.78, 5) is 26.5. The van der Waals surface area contributed by atoms with Crippen LogP contribution in [0.4, 0.5) is 15.8 Å². The van der Waals surface area contributed by atoms with E-state index in [-0.39, 0.29) is 17.3 Å². The standard InChI is InChI=1S/C19H17FN4O4S/c1-23-17(12-3-6-14(28-2)7-4-12)10-21-19(23)29-11-18(25)22-13-5-8-15(20)16(9-13)24(26)27/h3-10H,11H2,1-2H3,(H,22,25). The van der Waals surface area contributed by atoms with Crippen LogP contribution in [0.25, 0.3) is 11.3 Å². The number of nitrogens with one attached hydrogen (secondary N) is 1. The maximum Gasteiger partial charge on any atom is 0.306 e. The molecule has 1 heterocycles. The van der Waals surface area contributed by atoms with Crippen molar-refractivity contribution in [3.8, 4) is 17.0 Å². The van der Waals surface area contributed by atoms with E-state index in [1.54, 1.807) is 13.3 Å². The number of methoxy groups -OCH3 is 1. The Labute approximate surface area is 169 Å². The first-order valence-corrected chi connectivity index (χ1v) is 9.40. The maximum atomic E-state index is 13.4. The molecule has 0 unspecified atom stereocenters. The molecule has 1 N–H and O–H groups in total. The summed E-state index contributed by atoms with van der Waals surface area (Å²) in [7, 11) is 3.44. The minimum atomic E-state index is -0.957. The van der Waals surface area contributed by atoms with Crippen LogP contribution >= 0.6 is 11.8 Å². The molecule has 0 atom stereocenters. The maximum absolute atomic E-state index is 13.4. The SMILES string of the molecule is COc1ccc(-c2cnc(SCC(=O)Nc3ccc(F)c([N+](=O)[O-])c3)n2C)cc1. The smallest absolute Gasteiger partial charge is 0.306 e. The van der Waals surface area contributed by atoms with Crippen LogP contribution in [0.3, 0.4) is 0 Å². The number of hydrogen-bond acceptors (Lipinski definition) is 6. The number of hydrogen-bond donors (Lipinski definition) is 1. The molecular weight excluding hydrogens is 399 g/mol. The zero-order chi connectivity index (χ0) is 21.0.